The summed E-state index contributed by atoms with van der Waals surface area (Å²) >= 11 is 13.7. The minimum absolute atomic E-state index is 0.00294. The van der Waals surface area contributed by atoms with Crippen molar-refractivity contribution in [1.82, 2.24) is 4.90 Å². The lowest BCUT2D eigenvalue weighted by Gasteiger charge is -2.22. The molecule has 4 rings (SSSR count). The predicted molar refractivity (Wildman–Crippen MR) is 154 cm³/mol. The summed E-state index contributed by atoms with van der Waals surface area (Å²) in [5.41, 5.74) is 3.47. The van der Waals surface area contributed by atoms with Crippen LogP contribution in [-0.4, -0.2) is 29.1 Å². The number of carbonyl (C=O) groups excluding carboxylic acids is 1. The fraction of sp³-hybridized carbons (Fsp3) is 0.241. The number of hydrogen-bond donors (Lipinski definition) is 0. The highest BCUT2D eigenvalue weighted by molar-refractivity contribution is 8.18. The molecule has 5 nitrogen and oxygen atoms in total. The van der Waals surface area contributed by atoms with Crippen molar-refractivity contribution in [2.45, 2.75) is 39.8 Å². The maximum absolute atomic E-state index is 13.5. The summed E-state index contributed by atoms with van der Waals surface area (Å²) in [4.78, 5) is 20.7. The summed E-state index contributed by atoms with van der Waals surface area (Å²) in [5, 5.41) is 1.74. The smallest absolute Gasteiger partial charge is 0.267 e. The van der Waals surface area contributed by atoms with Gasteiger partial charge in [-0.1, -0.05) is 66.0 Å². The molecule has 0 aliphatic carbocycles. The van der Waals surface area contributed by atoms with Gasteiger partial charge in [0.25, 0.3) is 5.91 Å². The molecule has 0 saturated carbocycles. The number of thioether (sulfide) groups is 1. The van der Waals surface area contributed by atoms with Crippen LogP contribution in [-0.2, 0) is 11.4 Å². The zero-order chi connectivity index (χ0) is 26.5. The van der Waals surface area contributed by atoms with Crippen LogP contribution >= 0.6 is 35.0 Å². The first-order valence-corrected chi connectivity index (χ1v) is 13.5. The third kappa shape index (κ3) is 6.32. The standard InChI is InChI=1S/C29H28Cl2N2O3S/c1-5-19(3)33-28(34)26(37-29(33)32-23-13-9-18(2)10-14-23)15-20-7-6-8-25(35-4)27(20)36-17-21-11-12-22(30)16-24(21)31/h6-16,19H,5,17H2,1-4H3/b26-15+,32-29?/t19-/m0/s1. The van der Waals surface area contributed by atoms with Crippen molar-refractivity contribution in [2.75, 3.05) is 7.11 Å². The summed E-state index contributed by atoms with van der Waals surface area (Å²) in [6.45, 7) is 6.34. The number of amidine groups is 1. The number of amides is 1. The van der Waals surface area contributed by atoms with Gasteiger partial charge in [0.1, 0.15) is 6.61 Å². The molecular formula is C29H28Cl2N2O3S. The second-order valence-corrected chi connectivity index (χ2v) is 10.5. The van der Waals surface area contributed by atoms with E-state index in [9.17, 15) is 4.79 Å². The third-order valence-electron chi connectivity index (χ3n) is 6.03. The number of aliphatic imine (C=N–C) groups is 1. The number of carbonyl (C=O) groups is 1. The van der Waals surface area contributed by atoms with Gasteiger partial charge in [-0.25, -0.2) is 4.99 Å². The molecule has 37 heavy (non-hydrogen) atoms. The predicted octanol–water partition coefficient (Wildman–Crippen LogP) is 8.29. The molecule has 0 radical (unpaired) electrons. The Bertz CT molecular complexity index is 1360. The number of halogens is 2. The van der Waals surface area contributed by atoms with Gasteiger partial charge >= 0.3 is 0 Å². The normalized spacial score (nSPS) is 16.5. The van der Waals surface area contributed by atoms with Gasteiger partial charge in [0.15, 0.2) is 16.7 Å². The molecule has 0 aromatic heterocycles. The maximum Gasteiger partial charge on any atom is 0.267 e. The first-order chi connectivity index (χ1) is 17.8. The molecule has 0 N–H and O–H groups in total. The molecular weight excluding hydrogens is 527 g/mol. The van der Waals surface area contributed by atoms with Crippen molar-refractivity contribution in [3.05, 3.63) is 92.3 Å². The maximum atomic E-state index is 13.5. The topological polar surface area (TPSA) is 51.1 Å². The van der Waals surface area contributed by atoms with E-state index in [1.807, 2.05) is 68.5 Å². The summed E-state index contributed by atoms with van der Waals surface area (Å²) in [6, 6.07) is 18.8. The fourth-order valence-corrected chi connectivity index (χ4v) is 5.30. The Morgan fingerprint density at radius 3 is 2.54 bits per heavy atom. The van der Waals surface area contributed by atoms with Crippen LogP contribution in [0.1, 0.15) is 37.0 Å². The van der Waals surface area contributed by atoms with Gasteiger partial charge in [0, 0.05) is 27.2 Å². The molecule has 1 saturated heterocycles. The van der Waals surface area contributed by atoms with Crippen molar-refractivity contribution < 1.29 is 14.3 Å². The van der Waals surface area contributed by atoms with E-state index in [4.69, 9.17) is 37.7 Å². The van der Waals surface area contributed by atoms with Crippen LogP contribution in [0.5, 0.6) is 11.5 Å². The number of methoxy groups -OCH3 is 1. The lowest BCUT2D eigenvalue weighted by molar-refractivity contribution is -0.123. The minimum Gasteiger partial charge on any atom is -0.493 e. The van der Waals surface area contributed by atoms with Crippen molar-refractivity contribution in [3.63, 3.8) is 0 Å². The second-order valence-electron chi connectivity index (χ2n) is 8.68. The van der Waals surface area contributed by atoms with Crippen LogP contribution in [0.2, 0.25) is 10.0 Å². The first-order valence-electron chi connectivity index (χ1n) is 11.9. The van der Waals surface area contributed by atoms with E-state index in [-0.39, 0.29) is 18.6 Å². The molecule has 0 unspecified atom stereocenters. The monoisotopic (exact) mass is 554 g/mol. The third-order valence-corrected chi connectivity index (χ3v) is 7.60. The number of benzene rings is 3. The Hall–Kier alpha value is -2.93. The lowest BCUT2D eigenvalue weighted by atomic mass is 10.1. The fourth-order valence-electron chi connectivity index (χ4n) is 3.76. The van der Waals surface area contributed by atoms with Crippen LogP contribution in [0.15, 0.2) is 70.6 Å². The highest BCUT2D eigenvalue weighted by Gasteiger charge is 2.36. The number of aryl methyl sites for hydroxylation is 1. The van der Waals surface area contributed by atoms with E-state index >= 15 is 0 Å². The van der Waals surface area contributed by atoms with Gasteiger partial charge in [-0.15, -0.1) is 0 Å². The van der Waals surface area contributed by atoms with E-state index in [0.717, 1.165) is 28.8 Å². The van der Waals surface area contributed by atoms with Crippen LogP contribution < -0.4 is 9.47 Å². The Morgan fingerprint density at radius 2 is 1.86 bits per heavy atom. The van der Waals surface area contributed by atoms with E-state index in [1.165, 1.54) is 11.8 Å². The number of para-hydroxylation sites is 1. The number of nitrogens with zero attached hydrogens (tertiary/aromatic N) is 2. The zero-order valence-corrected chi connectivity index (χ0v) is 23.5. The number of hydrogen-bond acceptors (Lipinski definition) is 5. The molecule has 8 heteroatoms. The molecule has 1 atom stereocenters. The highest BCUT2D eigenvalue weighted by atomic mass is 35.5. The van der Waals surface area contributed by atoms with Crippen molar-refractivity contribution in [1.29, 1.82) is 0 Å². The average molecular weight is 556 g/mol. The van der Waals surface area contributed by atoms with E-state index < -0.39 is 0 Å². The SMILES string of the molecule is CC[C@H](C)N1C(=O)/C(=C\c2cccc(OC)c2OCc2ccc(Cl)cc2Cl)SC1=Nc1ccc(C)cc1. The van der Waals surface area contributed by atoms with E-state index in [0.29, 0.717) is 31.6 Å². The molecule has 1 fully saturated rings. The largest absolute Gasteiger partial charge is 0.493 e. The van der Waals surface area contributed by atoms with Crippen LogP contribution in [0.3, 0.4) is 0 Å². The van der Waals surface area contributed by atoms with Crippen LogP contribution in [0.4, 0.5) is 5.69 Å². The average Bonchev–Trinajstić information content (AvgIpc) is 3.19. The van der Waals surface area contributed by atoms with Gasteiger partial charge in [-0.3, -0.25) is 9.69 Å². The molecule has 3 aromatic carbocycles. The van der Waals surface area contributed by atoms with E-state index in [1.54, 1.807) is 24.1 Å². The summed E-state index contributed by atoms with van der Waals surface area (Å²) < 4.78 is 11.7. The van der Waals surface area contributed by atoms with Crippen molar-refractivity contribution in [3.8, 4) is 11.5 Å². The second kappa shape index (κ2) is 12.1. The number of ether oxygens (including phenoxy) is 2. The van der Waals surface area contributed by atoms with Crippen LogP contribution in [0, 0.1) is 6.92 Å². The molecule has 1 heterocycles. The van der Waals surface area contributed by atoms with Gasteiger partial charge in [-0.2, -0.15) is 0 Å². The Kier molecular flexibility index (Phi) is 8.85. The lowest BCUT2D eigenvalue weighted by Crippen LogP contribution is -2.36. The Morgan fingerprint density at radius 1 is 1.11 bits per heavy atom. The summed E-state index contributed by atoms with van der Waals surface area (Å²) in [5.74, 6) is 0.998. The van der Waals surface area contributed by atoms with Crippen molar-refractivity contribution >= 4 is 57.8 Å². The van der Waals surface area contributed by atoms with Gasteiger partial charge in [-0.05, 0) is 68.4 Å². The highest BCUT2D eigenvalue weighted by Crippen LogP contribution is 2.39. The minimum atomic E-state index is -0.0836. The van der Waals surface area contributed by atoms with Crippen LogP contribution in [0.25, 0.3) is 6.08 Å². The van der Waals surface area contributed by atoms with Gasteiger partial charge in [0.2, 0.25) is 0 Å². The van der Waals surface area contributed by atoms with Gasteiger partial charge in [0.05, 0.1) is 17.7 Å². The Labute approximate surface area is 232 Å². The number of rotatable bonds is 8. The molecule has 3 aromatic rings. The first kappa shape index (κ1) is 27.1. The molecule has 1 amide bonds. The molecule has 192 valence electrons. The Balaban J connectivity index is 1.69. The molecule has 0 bridgehead atoms. The molecule has 1 aliphatic heterocycles. The quantitative estimate of drug-likeness (QED) is 0.263. The summed E-state index contributed by atoms with van der Waals surface area (Å²) in [7, 11) is 1.58. The van der Waals surface area contributed by atoms with Crippen molar-refractivity contribution in [2.24, 2.45) is 4.99 Å². The molecule has 0 spiro atoms. The summed E-state index contributed by atoms with van der Waals surface area (Å²) in [6.07, 6.45) is 2.64. The van der Waals surface area contributed by atoms with E-state index in [2.05, 4.69) is 6.92 Å². The molecule has 1 aliphatic rings. The zero-order valence-electron chi connectivity index (χ0n) is 21.1. The van der Waals surface area contributed by atoms with Gasteiger partial charge < -0.3 is 9.47 Å².